The van der Waals surface area contributed by atoms with E-state index in [-0.39, 0.29) is 6.10 Å². The van der Waals surface area contributed by atoms with Gasteiger partial charge in [-0.1, -0.05) is 26.0 Å². The van der Waals surface area contributed by atoms with E-state index in [1.54, 1.807) is 0 Å². The number of nitrogens with two attached hydrogens (primary N) is 1. The van der Waals surface area contributed by atoms with Gasteiger partial charge in [0.1, 0.15) is 17.3 Å². The number of amidine groups is 1. The van der Waals surface area contributed by atoms with Crippen LogP contribution < -0.4 is 15.8 Å². The summed E-state index contributed by atoms with van der Waals surface area (Å²) in [5.41, 5.74) is 9.66. The first-order valence-corrected chi connectivity index (χ1v) is 7.70. The van der Waals surface area contributed by atoms with Crippen molar-refractivity contribution in [3.8, 4) is 5.75 Å². The maximum absolute atomic E-state index is 6.02. The third-order valence-corrected chi connectivity index (χ3v) is 3.80. The van der Waals surface area contributed by atoms with Gasteiger partial charge < -0.3 is 15.8 Å². The van der Waals surface area contributed by atoms with Crippen LogP contribution in [0, 0.1) is 0 Å². The summed E-state index contributed by atoms with van der Waals surface area (Å²) < 4.78 is 6.02. The molecule has 1 unspecified atom stereocenters. The quantitative estimate of drug-likeness (QED) is 0.836. The summed E-state index contributed by atoms with van der Waals surface area (Å²) in [6.07, 6.45) is 1.80. The van der Waals surface area contributed by atoms with Crippen LogP contribution in [0.25, 0.3) is 0 Å². The summed E-state index contributed by atoms with van der Waals surface area (Å²) in [4.78, 5) is 4.70. The molecule has 114 valence electrons. The van der Waals surface area contributed by atoms with Crippen LogP contribution in [0.3, 0.4) is 0 Å². The number of nitrogen functional groups attached to an aromatic ring is 1. The summed E-state index contributed by atoms with van der Waals surface area (Å²) in [7, 11) is 0. The zero-order valence-corrected chi connectivity index (χ0v) is 13.0. The number of aliphatic imine (C=N–C) groups is 1. The molecule has 1 atom stereocenters. The van der Waals surface area contributed by atoms with E-state index in [0.29, 0.717) is 5.69 Å². The molecule has 0 saturated carbocycles. The third-order valence-electron chi connectivity index (χ3n) is 3.80. The lowest BCUT2D eigenvalue weighted by molar-refractivity contribution is 0.259. The van der Waals surface area contributed by atoms with Crippen molar-refractivity contribution in [2.45, 2.75) is 32.8 Å². The standard InChI is InChI=1S/C18H21N3O/c1-3-12-5-8-14(9-6-12)20-18-16(4-2)22-17-11-13(19)7-10-15(17)21-18/h5-11,16H,3-4,19H2,1-2H3,(H,20,21). The number of ether oxygens (including phenoxy) is 1. The second kappa shape index (κ2) is 6.10. The summed E-state index contributed by atoms with van der Waals surface area (Å²) in [6, 6.07) is 14.0. The van der Waals surface area contributed by atoms with E-state index in [9.17, 15) is 0 Å². The fourth-order valence-electron chi connectivity index (χ4n) is 2.49. The highest BCUT2D eigenvalue weighted by atomic mass is 16.5. The van der Waals surface area contributed by atoms with E-state index in [2.05, 4.69) is 43.4 Å². The lowest BCUT2D eigenvalue weighted by Gasteiger charge is -2.26. The van der Waals surface area contributed by atoms with Gasteiger partial charge in [0.2, 0.25) is 0 Å². The Hall–Kier alpha value is -2.49. The number of fused-ring (bicyclic) bond motifs is 1. The van der Waals surface area contributed by atoms with E-state index in [0.717, 1.165) is 35.8 Å². The van der Waals surface area contributed by atoms with Crippen LogP contribution in [0.5, 0.6) is 5.75 Å². The van der Waals surface area contributed by atoms with Crippen molar-refractivity contribution in [1.82, 2.24) is 0 Å². The minimum atomic E-state index is -0.0832. The smallest absolute Gasteiger partial charge is 0.156 e. The van der Waals surface area contributed by atoms with E-state index in [1.807, 2.05) is 18.2 Å². The van der Waals surface area contributed by atoms with E-state index < -0.39 is 0 Å². The minimum absolute atomic E-state index is 0.0832. The molecule has 0 fully saturated rings. The molecular formula is C18H21N3O. The molecule has 3 rings (SSSR count). The van der Waals surface area contributed by atoms with Crippen molar-refractivity contribution in [2.75, 3.05) is 11.1 Å². The van der Waals surface area contributed by atoms with Gasteiger partial charge in [-0.15, -0.1) is 0 Å². The summed E-state index contributed by atoms with van der Waals surface area (Å²) in [6.45, 7) is 4.23. The molecule has 2 aromatic carbocycles. The molecule has 0 saturated heterocycles. The second-order valence-corrected chi connectivity index (χ2v) is 5.41. The van der Waals surface area contributed by atoms with Crippen molar-refractivity contribution in [1.29, 1.82) is 0 Å². The van der Waals surface area contributed by atoms with Crippen LogP contribution >= 0.6 is 0 Å². The van der Waals surface area contributed by atoms with Gasteiger partial charge in [0.25, 0.3) is 0 Å². The molecule has 4 heteroatoms. The summed E-state index contributed by atoms with van der Waals surface area (Å²) >= 11 is 0. The van der Waals surface area contributed by atoms with Crippen LogP contribution in [-0.4, -0.2) is 11.9 Å². The second-order valence-electron chi connectivity index (χ2n) is 5.41. The SMILES string of the molecule is CCc1ccc(NC2=Nc3ccc(N)cc3OC2CC)cc1. The van der Waals surface area contributed by atoms with Gasteiger partial charge in [-0.25, -0.2) is 4.99 Å². The van der Waals surface area contributed by atoms with Gasteiger partial charge >= 0.3 is 0 Å². The number of nitrogens with one attached hydrogen (secondary N) is 1. The molecule has 3 N–H and O–H groups in total. The molecule has 1 aliphatic rings. The van der Waals surface area contributed by atoms with Crippen LogP contribution in [0.15, 0.2) is 47.5 Å². The lowest BCUT2D eigenvalue weighted by atomic mass is 10.1. The molecule has 0 amide bonds. The fourth-order valence-corrected chi connectivity index (χ4v) is 2.49. The molecule has 22 heavy (non-hydrogen) atoms. The highest BCUT2D eigenvalue weighted by Gasteiger charge is 2.23. The number of rotatable bonds is 3. The first-order chi connectivity index (χ1) is 10.7. The number of aryl methyl sites for hydroxylation is 1. The van der Waals surface area contributed by atoms with Crippen molar-refractivity contribution >= 4 is 22.9 Å². The van der Waals surface area contributed by atoms with Gasteiger partial charge in [0, 0.05) is 17.4 Å². The lowest BCUT2D eigenvalue weighted by Crippen LogP contribution is -2.34. The van der Waals surface area contributed by atoms with Gasteiger partial charge in [-0.2, -0.15) is 0 Å². The largest absolute Gasteiger partial charge is 0.480 e. The van der Waals surface area contributed by atoms with Crippen LogP contribution in [-0.2, 0) is 6.42 Å². The van der Waals surface area contributed by atoms with Crippen molar-refractivity contribution in [2.24, 2.45) is 4.99 Å². The molecule has 0 bridgehead atoms. The number of nitrogens with zero attached hydrogens (tertiary/aromatic N) is 1. The number of hydrogen-bond acceptors (Lipinski definition) is 4. The molecule has 1 heterocycles. The molecule has 4 nitrogen and oxygen atoms in total. The van der Waals surface area contributed by atoms with E-state index in [4.69, 9.17) is 15.5 Å². The zero-order chi connectivity index (χ0) is 15.5. The average Bonchev–Trinajstić information content (AvgIpc) is 2.55. The van der Waals surface area contributed by atoms with Crippen molar-refractivity contribution in [3.63, 3.8) is 0 Å². The fraction of sp³-hybridized carbons (Fsp3) is 0.278. The summed E-state index contributed by atoms with van der Waals surface area (Å²) in [5, 5.41) is 3.38. The Morgan fingerprint density at radius 2 is 1.91 bits per heavy atom. The predicted molar refractivity (Wildman–Crippen MR) is 92.1 cm³/mol. The molecule has 2 aromatic rings. The maximum atomic E-state index is 6.02. The van der Waals surface area contributed by atoms with Gasteiger partial charge in [-0.05, 0) is 42.7 Å². The Morgan fingerprint density at radius 1 is 1.14 bits per heavy atom. The third kappa shape index (κ3) is 2.91. The molecule has 0 radical (unpaired) electrons. The van der Waals surface area contributed by atoms with E-state index >= 15 is 0 Å². The number of anilines is 2. The molecule has 0 aliphatic carbocycles. The summed E-state index contributed by atoms with van der Waals surface area (Å²) in [5.74, 6) is 1.59. The molecule has 1 aliphatic heterocycles. The monoisotopic (exact) mass is 295 g/mol. The van der Waals surface area contributed by atoms with Gasteiger partial charge in [0.15, 0.2) is 6.10 Å². The molecule has 0 aromatic heterocycles. The minimum Gasteiger partial charge on any atom is -0.480 e. The molecular weight excluding hydrogens is 274 g/mol. The topological polar surface area (TPSA) is 59.6 Å². The number of hydrogen-bond donors (Lipinski definition) is 2. The van der Waals surface area contributed by atoms with Crippen LogP contribution in [0.4, 0.5) is 17.1 Å². The first kappa shape index (κ1) is 14.4. The molecule has 0 spiro atoms. The Morgan fingerprint density at radius 3 is 2.59 bits per heavy atom. The van der Waals surface area contributed by atoms with Crippen LogP contribution in [0.2, 0.25) is 0 Å². The first-order valence-electron chi connectivity index (χ1n) is 7.70. The maximum Gasteiger partial charge on any atom is 0.156 e. The van der Waals surface area contributed by atoms with Gasteiger partial charge in [0.05, 0.1) is 0 Å². The number of benzene rings is 2. The van der Waals surface area contributed by atoms with Crippen molar-refractivity contribution < 1.29 is 4.74 Å². The van der Waals surface area contributed by atoms with Gasteiger partial charge in [-0.3, -0.25) is 0 Å². The predicted octanol–water partition coefficient (Wildman–Crippen LogP) is 4.14. The normalized spacial score (nSPS) is 16.5. The Labute approximate surface area is 131 Å². The Kier molecular flexibility index (Phi) is 4.00. The van der Waals surface area contributed by atoms with Crippen LogP contribution in [0.1, 0.15) is 25.8 Å². The Bertz CT molecular complexity index is 692. The highest BCUT2D eigenvalue weighted by Crippen LogP contribution is 2.35. The van der Waals surface area contributed by atoms with Crippen molar-refractivity contribution in [3.05, 3.63) is 48.0 Å². The van der Waals surface area contributed by atoms with E-state index in [1.165, 1.54) is 5.56 Å². The highest BCUT2D eigenvalue weighted by molar-refractivity contribution is 6.02. The Balaban J connectivity index is 1.88. The average molecular weight is 295 g/mol. The zero-order valence-electron chi connectivity index (χ0n) is 13.0.